The van der Waals surface area contributed by atoms with Crippen LogP contribution in [0.4, 0.5) is 0 Å². The minimum Gasteiger partial charge on any atom is -0.547 e. The molecule has 3 aliphatic rings. The first kappa shape index (κ1) is 19.8. The second-order valence-corrected chi connectivity index (χ2v) is 12.7. The highest BCUT2D eigenvalue weighted by Crippen LogP contribution is 2.55. The molecule has 0 fully saturated rings. The Kier molecular flexibility index (Phi) is 5.52. The average molecular weight is 367 g/mol. The molecule has 0 aromatic heterocycles. The van der Waals surface area contributed by atoms with Crippen molar-refractivity contribution in [1.82, 2.24) is 0 Å². The third-order valence-corrected chi connectivity index (χ3v) is 5.39. The van der Waals surface area contributed by atoms with Crippen molar-refractivity contribution in [2.24, 2.45) is 17.3 Å². The van der Waals surface area contributed by atoms with Crippen LogP contribution in [0.2, 0.25) is 19.6 Å². The Bertz CT molecular complexity index is 624. The van der Waals surface area contributed by atoms with E-state index < -0.39 is 20.3 Å². The number of carbonyl (C=O) groups excluding carboxylic acids is 2. The van der Waals surface area contributed by atoms with Crippen molar-refractivity contribution in [2.75, 3.05) is 13.2 Å². The van der Waals surface area contributed by atoms with Gasteiger partial charge in [0.05, 0.1) is 36.0 Å². The number of hydrogen-bond acceptors (Lipinski definition) is 5. The maximum atomic E-state index is 12.7. The van der Waals surface area contributed by atoms with Gasteiger partial charge in [0.2, 0.25) is 8.32 Å². The quantitative estimate of drug-likeness (QED) is 0.528. The number of esters is 2. The van der Waals surface area contributed by atoms with Crippen LogP contribution in [0.5, 0.6) is 0 Å². The molecule has 0 saturated heterocycles. The van der Waals surface area contributed by atoms with E-state index in [1.807, 2.05) is 6.08 Å². The third kappa shape index (κ3) is 3.99. The molecule has 0 spiro atoms. The van der Waals surface area contributed by atoms with Crippen molar-refractivity contribution in [3.63, 3.8) is 0 Å². The van der Waals surface area contributed by atoms with E-state index in [-0.39, 0.29) is 30.5 Å². The highest BCUT2D eigenvalue weighted by atomic mass is 28.4. The summed E-state index contributed by atoms with van der Waals surface area (Å²) in [6.45, 7) is 14.7. The second kappa shape index (κ2) is 6.98. The van der Waals surface area contributed by atoms with Crippen molar-refractivity contribution < 1.29 is 23.5 Å². The summed E-state index contributed by atoms with van der Waals surface area (Å²) in [7, 11) is -1.85. The summed E-state index contributed by atoms with van der Waals surface area (Å²) in [4.78, 5) is 25.3. The molecule has 0 aromatic carbocycles. The highest BCUT2D eigenvalue weighted by Gasteiger charge is 2.53. The third-order valence-electron chi connectivity index (χ3n) is 4.54. The van der Waals surface area contributed by atoms with Crippen molar-refractivity contribution >= 4 is 20.3 Å². The lowest BCUT2D eigenvalue weighted by Gasteiger charge is -2.48. The zero-order valence-corrected chi connectivity index (χ0v) is 17.4. The van der Waals surface area contributed by atoms with Crippen molar-refractivity contribution in [1.29, 1.82) is 0 Å². The van der Waals surface area contributed by atoms with Gasteiger partial charge in [0.25, 0.3) is 0 Å². The van der Waals surface area contributed by atoms with Crippen LogP contribution in [0.3, 0.4) is 0 Å². The first-order valence-electron chi connectivity index (χ1n) is 9.00. The molecule has 25 heavy (non-hydrogen) atoms. The van der Waals surface area contributed by atoms with Crippen LogP contribution >= 0.6 is 0 Å². The number of carbonyl (C=O) groups is 2. The van der Waals surface area contributed by atoms with Crippen LogP contribution in [0.25, 0.3) is 0 Å². The topological polar surface area (TPSA) is 61.8 Å². The van der Waals surface area contributed by atoms with Crippen LogP contribution in [-0.4, -0.2) is 33.5 Å². The predicted molar refractivity (Wildman–Crippen MR) is 98.2 cm³/mol. The molecule has 2 unspecified atom stereocenters. The first-order chi connectivity index (χ1) is 11.5. The Morgan fingerprint density at radius 2 is 1.60 bits per heavy atom. The maximum Gasteiger partial charge on any atom is 0.335 e. The summed E-state index contributed by atoms with van der Waals surface area (Å²) in [5, 5.41) is 0. The Hall–Kier alpha value is -1.56. The minimum atomic E-state index is -1.85. The number of allylic oxidation sites excluding steroid dienone is 2. The Labute approximate surface area is 151 Å². The molecule has 0 aliphatic heterocycles. The molecule has 0 N–H and O–H groups in total. The fourth-order valence-corrected chi connectivity index (χ4v) is 4.74. The molecule has 2 atom stereocenters. The number of fused-ring (bicyclic) bond motifs is 1. The molecule has 140 valence electrons. The van der Waals surface area contributed by atoms with Gasteiger partial charge in [0.15, 0.2) is 0 Å². The fraction of sp³-hybridized carbons (Fsp3) is 0.684. The standard InChI is InChI=1S/C19H30O5Si/c1-8-22-17(20)14-12-10-13(24-25(5,6)7)16(19(3,4)11-12)15(14)18(21)23-9-2/h10,12,16H,8-9,11H2,1-7H3. The summed E-state index contributed by atoms with van der Waals surface area (Å²) in [6.07, 6.45) is 2.80. The summed E-state index contributed by atoms with van der Waals surface area (Å²) in [5.41, 5.74) is 0.691. The van der Waals surface area contributed by atoms with Crippen molar-refractivity contribution in [3.05, 3.63) is 23.0 Å². The molecule has 6 heteroatoms. The van der Waals surface area contributed by atoms with Crippen molar-refractivity contribution in [3.8, 4) is 0 Å². The highest BCUT2D eigenvalue weighted by molar-refractivity contribution is 6.70. The van der Waals surface area contributed by atoms with Gasteiger partial charge in [-0.15, -0.1) is 0 Å². The van der Waals surface area contributed by atoms with Crippen LogP contribution < -0.4 is 0 Å². The molecule has 3 aliphatic carbocycles. The molecular weight excluding hydrogens is 336 g/mol. The van der Waals surface area contributed by atoms with Gasteiger partial charge in [0, 0.05) is 5.92 Å². The molecule has 0 saturated carbocycles. The summed E-state index contributed by atoms with van der Waals surface area (Å²) >= 11 is 0. The van der Waals surface area contributed by atoms with Gasteiger partial charge in [-0.25, -0.2) is 9.59 Å². The van der Waals surface area contributed by atoms with E-state index in [9.17, 15) is 9.59 Å². The van der Waals surface area contributed by atoms with Crippen molar-refractivity contribution in [2.45, 2.75) is 53.8 Å². The Morgan fingerprint density at radius 3 is 2.08 bits per heavy atom. The van der Waals surface area contributed by atoms with E-state index in [1.54, 1.807) is 13.8 Å². The molecule has 3 rings (SSSR count). The van der Waals surface area contributed by atoms with Gasteiger partial charge in [0.1, 0.15) is 0 Å². The van der Waals surface area contributed by atoms with Gasteiger partial charge in [-0.1, -0.05) is 13.8 Å². The molecule has 2 bridgehead atoms. The lowest BCUT2D eigenvalue weighted by Crippen LogP contribution is -2.46. The maximum absolute atomic E-state index is 12.7. The summed E-state index contributed by atoms with van der Waals surface area (Å²) in [6, 6.07) is 0. The number of ether oxygens (including phenoxy) is 2. The fourth-order valence-electron chi connectivity index (χ4n) is 3.85. The minimum absolute atomic E-state index is 0.176. The molecular formula is C19H30O5Si. The first-order valence-corrected chi connectivity index (χ1v) is 12.4. The van der Waals surface area contributed by atoms with Crippen LogP contribution in [0, 0.1) is 17.3 Å². The van der Waals surface area contributed by atoms with Gasteiger partial charge < -0.3 is 13.9 Å². The molecule has 0 amide bonds. The zero-order chi connectivity index (χ0) is 19.0. The largest absolute Gasteiger partial charge is 0.547 e. The summed E-state index contributed by atoms with van der Waals surface area (Å²) < 4.78 is 16.8. The van der Waals surface area contributed by atoms with E-state index >= 15 is 0 Å². The summed E-state index contributed by atoms with van der Waals surface area (Å²) in [5.74, 6) is -0.485. The van der Waals surface area contributed by atoms with E-state index in [0.717, 1.165) is 12.2 Å². The average Bonchev–Trinajstić information content (AvgIpc) is 2.43. The van der Waals surface area contributed by atoms with Gasteiger partial charge in [-0.2, -0.15) is 0 Å². The molecule has 5 nitrogen and oxygen atoms in total. The zero-order valence-electron chi connectivity index (χ0n) is 16.4. The number of rotatable bonds is 6. The van der Waals surface area contributed by atoms with Crippen LogP contribution in [-0.2, 0) is 23.5 Å². The smallest absolute Gasteiger partial charge is 0.335 e. The monoisotopic (exact) mass is 366 g/mol. The molecule has 0 heterocycles. The van der Waals surface area contributed by atoms with Crippen LogP contribution in [0.15, 0.2) is 23.0 Å². The van der Waals surface area contributed by atoms with E-state index in [1.165, 1.54) is 0 Å². The lowest BCUT2D eigenvalue weighted by atomic mass is 9.58. The van der Waals surface area contributed by atoms with Crippen LogP contribution in [0.1, 0.15) is 34.1 Å². The molecule has 0 radical (unpaired) electrons. The Morgan fingerprint density at radius 1 is 1.08 bits per heavy atom. The second-order valence-electron chi connectivity index (χ2n) is 8.28. The van der Waals surface area contributed by atoms with Gasteiger partial charge in [-0.05, 0) is 51.4 Å². The predicted octanol–water partition coefficient (Wildman–Crippen LogP) is 3.82. The van der Waals surface area contributed by atoms with Gasteiger partial charge >= 0.3 is 11.9 Å². The van der Waals surface area contributed by atoms with E-state index in [2.05, 4.69) is 33.5 Å². The number of hydrogen-bond donors (Lipinski definition) is 0. The Balaban J connectivity index is 2.57. The van der Waals surface area contributed by atoms with Gasteiger partial charge in [-0.3, -0.25) is 0 Å². The van der Waals surface area contributed by atoms with E-state index in [4.69, 9.17) is 13.9 Å². The normalized spacial score (nSPS) is 24.7. The van der Waals surface area contributed by atoms with E-state index in [0.29, 0.717) is 11.1 Å². The molecule has 0 aromatic rings. The SMILES string of the molecule is CCOC(=O)C1=C(C(=O)OCC)C2C(O[Si](C)(C)C)=CC1CC2(C)C. The lowest BCUT2D eigenvalue weighted by molar-refractivity contribution is -0.144.